The van der Waals surface area contributed by atoms with Gasteiger partial charge in [-0.2, -0.15) is 4.98 Å². The molecule has 1 aromatic heterocycles. The molecule has 1 unspecified atom stereocenters. The zero-order valence-corrected chi connectivity index (χ0v) is 12.3. The van der Waals surface area contributed by atoms with Gasteiger partial charge in [0.05, 0.1) is 5.41 Å². The van der Waals surface area contributed by atoms with Gasteiger partial charge in [0.25, 0.3) is 0 Å². The first-order chi connectivity index (χ1) is 10.3. The highest BCUT2D eigenvalue weighted by Gasteiger charge is 2.40. The molecule has 112 valence electrons. The van der Waals surface area contributed by atoms with Crippen molar-refractivity contribution in [1.82, 2.24) is 10.1 Å². The molecule has 1 atom stereocenters. The van der Waals surface area contributed by atoms with Crippen LogP contribution in [0.15, 0.2) is 34.9 Å². The zero-order chi connectivity index (χ0) is 14.7. The summed E-state index contributed by atoms with van der Waals surface area (Å²) < 4.78 is 11.0. The first kappa shape index (κ1) is 14.2. The van der Waals surface area contributed by atoms with Crippen LogP contribution in [-0.2, 0) is 10.2 Å². The first-order valence-electron chi connectivity index (χ1n) is 7.44. The zero-order valence-electron chi connectivity index (χ0n) is 12.3. The summed E-state index contributed by atoms with van der Waals surface area (Å²) in [6.07, 6.45) is 1.74. The van der Waals surface area contributed by atoms with Crippen molar-refractivity contribution in [2.75, 3.05) is 19.8 Å². The topological polar surface area (TPSA) is 74.2 Å². The summed E-state index contributed by atoms with van der Waals surface area (Å²) in [5.74, 6) is 1.46. The van der Waals surface area contributed by atoms with Gasteiger partial charge in [0.2, 0.25) is 5.89 Å². The Bertz CT molecular complexity index is 576. The van der Waals surface area contributed by atoms with Crippen LogP contribution in [0.3, 0.4) is 0 Å². The van der Waals surface area contributed by atoms with E-state index in [9.17, 15) is 0 Å². The van der Waals surface area contributed by atoms with Gasteiger partial charge < -0.3 is 15.0 Å². The second-order valence-electron chi connectivity index (χ2n) is 5.65. The molecule has 21 heavy (non-hydrogen) atoms. The largest absolute Gasteiger partial charge is 0.381 e. The molecule has 1 saturated heterocycles. The summed E-state index contributed by atoms with van der Waals surface area (Å²) in [4.78, 5) is 4.64. The van der Waals surface area contributed by atoms with Gasteiger partial charge in [-0.1, -0.05) is 42.4 Å². The van der Waals surface area contributed by atoms with Gasteiger partial charge >= 0.3 is 0 Å². The third kappa shape index (κ3) is 2.59. The van der Waals surface area contributed by atoms with Crippen molar-refractivity contribution in [3.8, 4) is 0 Å². The molecule has 0 spiro atoms. The van der Waals surface area contributed by atoms with Crippen molar-refractivity contribution in [2.45, 2.75) is 31.1 Å². The summed E-state index contributed by atoms with van der Waals surface area (Å²) in [5, 5.41) is 4.26. The third-order valence-corrected chi connectivity index (χ3v) is 4.32. The lowest BCUT2D eigenvalue weighted by Gasteiger charge is -2.34. The van der Waals surface area contributed by atoms with Crippen LogP contribution in [0.4, 0.5) is 0 Å². The van der Waals surface area contributed by atoms with E-state index in [1.807, 2.05) is 13.0 Å². The summed E-state index contributed by atoms with van der Waals surface area (Å²) in [5.41, 5.74) is 6.70. The lowest BCUT2D eigenvalue weighted by atomic mass is 9.73. The SMILES string of the molecule is CC(CN)c1nc(C2(c3ccccc3)CCOCC2)no1. The maximum absolute atomic E-state index is 5.69. The molecule has 5 heteroatoms. The molecule has 0 radical (unpaired) electrons. The van der Waals surface area contributed by atoms with Crippen molar-refractivity contribution in [1.29, 1.82) is 0 Å². The summed E-state index contributed by atoms with van der Waals surface area (Å²) in [7, 11) is 0. The maximum Gasteiger partial charge on any atom is 0.230 e. The van der Waals surface area contributed by atoms with Crippen LogP contribution in [0, 0.1) is 0 Å². The number of nitrogens with zero attached hydrogens (tertiary/aromatic N) is 2. The van der Waals surface area contributed by atoms with Crippen LogP contribution in [0.2, 0.25) is 0 Å². The van der Waals surface area contributed by atoms with E-state index in [4.69, 9.17) is 15.0 Å². The van der Waals surface area contributed by atoms with Crippen LogP contribution in [-0.4, -0.2) is 29.9 Å². The molecule has 0 bridgehead atoms. The quantitative estimate of drug-likeness (QED) is 0.933. The molecular formula is C16H21N3O2. The van der Waals surface area contributed by atoms with Crippen molar-refractivity contribution in [3.05, 3.63) is 47.6 Å². The third-order valence-electron chi connectivity index (χ3n) is 4.32. The Morgan fingerprint density at radius 2 is 1.95 bits per heavy atom. The van der Waals surface area contributed by atoms with Crippen LogP contribution >= 0.6 is 0 Å². The van der Waals surface area contributed by atoms with Crippen LogP contribution in [0.5, 0.6) is 0 Å². The number of rotatable bonds is 4. The minimum absolute atomic E-state index is 0.0823. The predicted molar refractivity (Wildman–Crippen MR) is 79.0 cm³/mol. The van der Waals surface area contributed by atoms with Gasteiger partial charge in [0.15, 0.2) is 5.82 Å². The van der Waals surface area contributed by atoms with Crippen LogP contribution < -0.4 is 5.73 Å². The second-order valence-corrected chi connectivity index (χ2v) is 5.65. The number of hydrogen-bond donors (Lipinski definition) is 1. The van der Waals surface area contributed by atoms with Gasteiger partial charge in [-0.15, -0.1) is 0 Å². The van der Waals surface area contributed by atoms with E-state index in [0.29, 0.717) is 25.6 Å². The smallest absolute Gasteiger partial charge is 0.230 e. The average Bonchev–Trinajstić information content (AvgIpc) is 3.06. The number of aromatic nitrogens is 2. The Morgan fingerprint density at radius 1 is 1.24 bits per heavy atom. The molecule has 2 aromatic rings. The number of hydrogen-bond acceptors (Lipinski definition) is 5. The highest BCUT2D eigenvalue weighted by atomic mass is 16.5. The number of nitrogens with two attached hydrogens (primary N) is 1. The Balaban J connectivity index is 2.02. The van der Waals surface area contributed by atoms with Gasteiger partial charge in [0.1, 0.15) is 0 Å². The minimum atomic E-state index is -0.213. The number of ether oxygens (including phenoxy) is 1. The molecule has 3 rings (SSSR count). The normalized spacial score (nSPS) is 19.3. The average molecular weight is 287 g/mol. The number of benzene rings is 1. The molecular weight excluding hydrogens is 266 g/mol. The highest BCUT2D eigenvalue weighted by Crippen LogP contribution is 2.39. The summed E-state index contributed by atoms with van der Waals surface area (Å²) in [6, 6.07) is 10.4. The lowest BCUT2D eigenvalue weighted by molar-refractivity contribution is 0.0597. The molecule has 0 aliphatic carbocycles. The molecule has 5 nitrogen and oxygen atoms in total. The monoisotopic (exact) mass is 287 g/mol. The van der Waals surface area contributed by atoms with E-state index in [2.05, 4.69) is 34.4 Å². The molecule has 1 aliphatic rings. The van der Waals surface area contributed by atoms with E-state index in [-0.39, 0.29) is 11.3 Å². The van der Waals surface area contributed by atoms with Crippen molar-refractivity contribution in [2.24, 2.45) is 5.73 Å². The Kier molecular flexibility index (Phi) is 4.03. The standard InChI is InChI=1S/C16H21N3O2/c1-12(11-17)14-18-15(19-21-14)16(7-9-20-10-8-16)13-5-3-2-4-6-13/h2-6,12H,7-11,17H2,1H3. The molecule has 0 saturated carbocycles. The van der Waals surface area contributed by atoms with Crippen molar-refractivity contribution < 1.29 is 9.26 Å². The van der Waals surface area contributed by atoms with Crippen molar-refractivity contribution in [3.63, 3.8) is 0 Å². The van der Waals surface area contributed by atoms with Crippen molar-refractivity contribution >= 4 is 0 Å². The Labute approximate surface area is 124 Å². The van der Waals surface area contributed by atoms with Gasteiger partial charge in [-0.05, 0) is 18.4 Å². The Hall–Kier alpha value is -1.72. The fourth-order valence-electron chi connectivity index (χ4n) is 2.85. The predicted octanol–water partition coefficient (Wildman–Crippen LogP) is 2.23. The van der Waals surface area contributed by atoms with Crippen LogP contribution in [0.1, 0.15) is 43.0 Å². The van der Waals surface area contributed by atoms with E-state index in [1.165, 1.54) is 5.56 Å². The van der Waals surface area contributed by atoms with E-state index >= 15 is 0 Å². The molecule has 1 fully saturated rings. The molecule has 1 aliphatic heterocycles. The van der Waals surface area contributed by atoms with E-state index in [0.717, 1.165) is 18.7 Å². The minimum Gasteiger partial charge on any atom is -0.381 e. The van der Waals surface area contributed by atoms with E-state index < -0.39 is 0 Å². The van der Waals surface area contributed by atoms with Gasteiger partial charge in [-0.3, -0.25) is 0 Å². The highest BCUT2D eigenvalue weighted by molar-refractivity contribution is 5.33. The first-order valence-corrected chi connectivity index (χ1v) is 7.44. The fourth-order valence-corrected chi connectivity index (χ4v) is 2.85. The van der Waals surface area contributed by atoms with Crippen LogP contribution in [0.25, 0.3) is 0 Å². The van der Waals surface area contributed by atoms with E-state index in [1.54, 1.807) is 0 Å². The van der Waals surface area contributed by atoms with Gasteiger partial charge in [-0.25, -0.2) is 0 Å². The maximum atomic E-state index is 5.69. The molecule has 2 heterocycles. The summed E-state index contributed by atoms with van der Waals surface area (Å²) >= 11 is 0. The summed E-state index contributed by atoms with van der Waals surface area (Å²) in [6.45, 7) is 3.93. The fraction of sp³-hybridized carbons (Fsp3) is 0.500. The molecule has 2 N–H and O–H groups in total. The second kappa shape index (κ2) is 5.95. The molecule has 1 aromatic carbocycles. The molecule has 0 amide bonds. The van der Waals surface area contributed by atoms with Gasteiger partial charge in [0, 0.05) is 25.7 Å². The lowest BCUT2D eigenvalue weighted by Crippen LogP contribution is -2.36. The Morgan fingerprint density at radius 3 is 2.62 bits per heavy atom.